The summed E-state index contributed by atoms with van der Waals surface area (Å²) in [6, 6.07) is 0.659. The first kappa shape index (κ1) is 14.8. The fourth-order valence-corrected chi connectivity index (χ4v) is 4.04. The van der Waals surface area contributed by atoms with Gasteiger partial charge in [-0.25, -0.2) is 0 Å². The molecular weight excluding hydrogens is 236 g/mol. The molecule has 2 aliphatic carbocycles. The zero-order chi connectivity index (χ0) is 14.0. The van der Waals surface area contributed by atoms with Gasteiger partial charge in [0.2, 0.25) is 5.91 Å². The lowest BCUT2D eigenvalue weighted by molar-refractivity contribution is -0.141. The zero-order valence-corrected chi connectivity index (χ0v) is 12.8. The van der Waals surface area contributed by atoms with Crippen LogP contribution >= 0.6 is 0 Å². The molecule has 2 saturated carbocycles. The number of hydrogen-bond donors (Lipinski definition) is 1. The average Bonchev–Trinajstić information content (AvgIpc) is 2.41. The minimum Gasteiger partial charge on any atom is -0.342 e. The predicted molar refractivity (Wildman–Crippen MR) is 78.7 cm³/mol. The number of nitrogens with zero attached hydrogens (tertiary/aromatic N) is 1. The van der Waals surface area contributed by atoms with E-state index in [-0.39, 0.29) is 12.0 Å². The van der Waals surface area contributed by atoms with Crippen LogP contribution in [-0.4, -0.2) is 29.9 Å². The molecule has 2 N–H and O–H groups in total. The molecule has 0 aromatic rings. The van der Waals surface area contributed by atoms with E-state index in [1.807, 2.05) is 7.05 Å². The molecule has 0 heterocycles. The maximum Gasteiger partial charge on any atom is 0.226 e. The van der Waals surface area contributed by atoms with Crippen LogP contribution in [0.25, 0.3) is 0 Å². The third-order valence-corrected chi connectivity index (χ3v) is 5.59. The molecule has 2 rings (SSSR count). The van der Waals surface area contributed by atoms with Crippen LogP contribution in [0.2, 0.25) is 0 Å². The molecule has 0 radical (unpaired) electrons. The van der Waals surface area contributed by atoms with Crippen LogP contribution in [0.1, 0.15) is 58.8 Å². The Kier molecular flexibility index (Phi) is 4.88. The Morgan fingerprint density at radius 1 is 1.05 bits per heavy atom. The van der Waals surface area contributed by atoms with Gasteiger partial charge in [-0.1, -0.05) is 33.1 Å². The Labute approximate surface area is 117 Å². The van der Waals surface area contributed by atoms with E-state index in [2.05, 4.69) is 18.7 Å². The lowest BCUT2D eigenvalue weighted by Crippen LogP contribution is -2.49. The van der Waals surface area contributed by atoms with E-state index >= 15 is 0 Å². The Bertz CT molecular complexity index is 318. The van der Waals surface area contributed by atoms with Crippen molar-refractivity contribution in [3.05, 3.63) is 0 Å². The van der Waals surface area contributed by atoms with Crippen molar-refractivity contribution in [2.45, 2.75) is 70.9 Å². The fourth-order valence-electron chi connectivity index (χ4n) is 4.04. The van der Waals surface area contributed by atoms with E-state index in [9.17, 15) is 4.79 Å². The van der Waals surface area contributed by atoms with Crippen LogP contribution in [-0.2, 0) is 4.79 Å². The number of carbonyl (C=O) groups excluding carboxylic acids is 1. The molecule has 3 heteroatoms. The normalized spacial score (nSPS) is 39.9. The van der Waals surface area contributed by atoms with Gasteiger partial charge in [0.15, 0.2) is 0 Å². The molecule has 0 bridgehead atoms. The summed E-state index contributed by atoms with van der Waals surface area (Å²) in [7, 11) is 2.02. The summed E-state index contributed by atoms with van der Waals surface area (Å²) in [6.45, 7) is 4.45. The van der Waals surface area contributed by atoms with Crippen LogP contribution in [0.4, 0.5) is 0 Å². The van der Waals surface area contributed by atoms with Gasteiger partial charge in [-0.2, -0.15) is 0 Å². The van der Waals surface area contributed by atoms with Gasteiger partial charge in [-0.15, -0.1) is 0 Å². The lowest BCUT2D eigenvalue weighted by atomic mass is 9.76. The molecule has 0 saturated heterocycles. The molecule has 3 nitrogen and oxygen atoms in total. The number of amides is 1. The van der Waals surface area contributed by atoms with Crippen LogP contribution in [0, 0.1) is 17.8 Å². The molecular formula is C16H30N2O. The Morgan fingerprint density at radius 2 is 1.74 bits per heavy atom. The highest BCUT2D eigenvalue weighted by molar-refractivity contribution is 5.79. The molecule has 5 atom stereocenters. The second-order valence-corrected chi connectivity index (χ2v) is 6.84. The standard InChI is InChI=1S/C16H30N2O/c1-11-7-4-5-10-15(11)18(3)16(19)13-8-6-9-14(17)12(13)2/h11-15H,4-10,17H2,1-3H3. The summed E-state index contributed by atoms with van der Waals surface area (Å²) in [5.41, 5.74) is 6.14. The highest BCUT2D eigenvalue weighted by Crippen LogP contribution is 2.33. The van der Waals surface area contributed by atoms with Crippen molar-refractivity contribution >= 4 is 5.91 Å². The van der Waals surface area contributed by atoms with E-state index < -0.39 is 0 Å². The van der Waals surface area contributed by atoms with E-state index in [4.69, 9.17) is 5.73 Å². The monoisotopic (exact) mass is 266 g/mol. The molecule has 1 amide bonds. The van der Waals surface area contributed by atoms with Crippen molar-refractivity contribution < 1.29 is 4.79 Å². The van der Waals surface area contributed by atoms with Crippen LogP contribution in [0.5, 0.6) is 0 Å². The van der Waals surface area contributed by atoms with Gasteiger partial charge < -0.3 is 10.6 Å². The predicted octanol–water partition coefficient (Wildman–Crippen LogP) is 2.79. The Morgan fingerprint density at radius 3 is 2.42 bits per heavy atom. The minimum absolute atomic E-state index is 0.155. The Balaban J connectivity index is 2.01. The smallest absolute Gasteiger partial charge is 0.226 e. The second kappa shape index (κ2) is 6.25. The number of rotatable bonds is 2. The lowest BCUT2D eigenvalue weighted by Gasteiger charge is -2.41. The molecule has 0 aliphatic heterocycles. The summed E-state index contributed by atoms with van der Waals surface area (Å²) in [4.78, 5) is 14.8. The largest absolute Gasteiger partial charge is 0.342 e. The number of hydrogen-bond acceptors (Lipinski definition) is 2. The average molecular weight is 266 g/mol. The van der Waals surface area contributed by atoms with Gasteiger partial charge in [-0.05, 0) is 37.5 Å². The Hall–Kier alpha value is -0.570. The van der Waals surface area contributed by atoms with Crippen molar-refractivity contribution in [1.82, 2.24) is 4.90 Å². The van der Waals surface area contributed by atoms with E-state index in [0.717, 1.165) is 19.3 Å². The maximum absolute atomic E-state index is 12.8. The molecule has 110 valence electrons. The van der Waals surface area contributed by atoms with Crippen LogP contribution in [0.3, 0.4) is 0 Å². The van der Waals surface area contributed by atoms with Gasteiger partial charge in [-0.3, -0.25) is 4.79 Å². The minimum atomic E-state index is 0.155. The van der Waals surface area contributed by atoms with Gasteiger partial charge in [0.25, 0.3) is 0 Å². The van der Waals surface area contributed by atoms with Gasteiger partial charge in [0, 0.05) is 25.0 Å². The molecule has 2 fully saturated rings. The fraction of sp³-hybridized carbons (Fsp3) is 0.938. The van der Waals surface area contributed by atoms with Crippen LogP contribution in [0.15, 0.2) is 0 Å². The summed E-state index contributed by atoms with van der Waals surface area (Å²) >= 11 is 0. The molecule has 2 aliphatic rings. The van der Waals surface area contributed by atoms with Gasteiger partial charge in [0.05, 0.1) is 0 Å². The first-order valence-corrected chi connectivity index (χ1v) is 8.04. The summed E-state index contributed by atoms with van der Waals surface area (Å²) in [5.74, 6) is 1.49. The molecule has 0 aromatic heterocycles. The SMILES string of the molecule is CC1CCCCC1N(C)C(=O)C1CCCC(N)C1C. The van der Waals surface area contributed by atoms with Crippen molar-refractivity contribution in [1.29, 1.82) is 0 Å². The van der Waals surface area contributed by atoms with Crippen molar-refractivity contribution in [3.63, 3.8) is 0 Å². The quantitative estimate of drug-likeness (QED) is 0.835. The van der Waals surface area contributed by atoms with Crippen LogP contribution < -0.4 is 5.73 Å². The third-order valence-electron chi connectivity index (χ3n) is 5.59. The number of nitrogens with two attached hydrogens (primary N) is 1. The first-order valence-electron chi connectivity index (χ1n) is 8.04. The summed E-state index contributed by atoms with van der Waals surface area (Å²) in [5, 5.41) is 0. The van der Waals surface area contributed by atoms with Gasteiger partial charge >= 0.3 is 0 Å². The van der Waals surface area contributed by atoms with E-state index in [1.165, 1.54) is 25.7 Å². The van der Waals surface area contributed by atoms with Crippen molar-refractivity contribution in [3.8, 4) is 0 Å². The zero-order valence-electron chi connectivity index (χ0n) is 12.8. The van der Waals surface area contributed by atoms with E-state index in [1.54, 1.807) is 0 Å². The molecule has 0 aromatic carbocycles. The molecule has 5 unspecified atom stereocenters. The topological polar surface area (TPSA) is 46.3 Å². The summed E-state index contributed by atoms with van der Waals surface area (Å²) < 4.78 is 0. The van der Waals surface area contributed by atoms with E-state index in [0.29, 0.717) is 23.8 Å². The highest BCUT2D eigenvalue weighted by Gasteiger charge is 2.37. The first-order chi connectivity index (χ1) is 9.02. The maximum atomic E-state index is 12.8. The molecule has 0 spiro atoms. The molecule has 19 heavy (non-hydrogen) atoms. The van der Waals surface area contributed by atoms with Crippen molar-refractivity contribution in [2.24, 2.45) is 23.5 Å². The highest BCUT2D eigenvalue weighted by atomic mass is 16.2. The second-order valence-electron chi connectivity index (χ2n) is 6.84. The van der Waals surface area contributed by atoms with Gasteiger partial charge in [0.1, 0.15) is 0 Å². The summed E-state index contributed by atoms with van der Waals surface area (Å²) in [6.07, 6.45) is 8.25. The number of carbonyl (C=O) groups is 1. The van der Waals surface area contributed by atoms with Crippen molar-refractivity contribution in [2.75, 3.05) is 7.05 Å². The third kappa shape index (κ3) is 3.13.